The first-order valence-corrected chi connectivity index (χ1v) is 8.71. The molecule has 1 atom stereocenters. The van der Waals surface area contributed by atoms with Crippen LogP contribution in [0.4, 0.5) is 5.82 Å². The zero-order valence-electron chi connectivity index (χ0n) is 15.2. The summed E-state index contributed by atoms with van der Waals surface area (Å²) in [5, 5.41) is 2.85. The number of hydrogen-bond donors (Lipinski definition) is 1. The van der Waals surface area contributed by atoms with Crippen molar-refractivity contribution in [2.24, 2.45) is 0 Å². The summed E-state index contributed by atoms with van der Waals surface area (Å²) in [7, 11) is 1.40. The monoisotopic (exact) mass is 400 g/mol. The molecule has 144 valence electrons. The number of halogens is 1. The van der Waals surface area contributed by atoms with E-state index in [4.69, 9.17) is 21.1 Å². The molecule has 0 radical (unpaired) electrons. The third-order valence-electron chi connectivity index (χ3n) is 3.58. The lowest BCUT2D eigenvalue weighted by Gasteiger charge is -2.14. The summed E-state index contributed by atoms with van der Waals surface area (Å²) in [5.41, 5.74) is 1.64. The van der Waals surface area contributed by atoms with Gasteiger partial charge in [-0.1, -0.05) is 11.6 Å². The Balaban J connectivity index is 1.73. The molecule has 10 heteroatoms. The molecule has 0 aliphatic heterocycles. The van der Waals surface area contributed by atoms with Gasteiger partial charge in [-0.15, -0.1) is 0 Å². The number of carbonyl (C=O) groups is 1. The molecule has 3 heterocycles. The van der Waals surface area contributed by atoms with Crippen molar-refractivity contribution >= 4 is 23.3 Å². The average molecular weight is 401 g/mol. The van der Waals surface area contributed by atoms with Gasteiger partial charge in [0.25, 0.3) is 5.91 Å². The molecule has 3 rings (SSSR count). The van der Waals surface area contributed by atoms with E-state index in [2.05, 4.69) is 30.2 Å². The Kier molecular flexibility index (Phi) is 6.41. The molecule has 1 unspecified atom stereocenters. The van der Waals surface area contributed by atoms with Crippen LogP contribution in [0.5, 0.6) is 5.88 Å². The number of ether oxygens (including phenoxy) is 2. The van der Waals surface area contributed by atoms with E-state index < -0.39 is 12.0 Å². The van der Waals surface area contributed by atoms with E-state index in [1.165, 1.54) is 19.5 Å². The largest absolute Gasteiger partial charge is 0.477 e. The van der Waals surface area contributed by atoms with Crippen molar-refractivity contribution in [3.05, 3.63) is 54.0 Å². The van der Waals surface area contributed by atoms with E-state index >= 15 is 0 Å². The molecule has 1 amide bonds. The van der Waals surface area contributed by atoms with Crippen LogP contribution in [0.15, 0.2) is 43.1 Å². The first-order chi connectivity index (χ1) is 13.6. The van der Waals surface area contributed by atoms with Crippen LogP contribution in [0.3, 0.4) is 0 Å². The quantitative estimate of drug-likeness (QED) is 0.644. The topological polar surface area (TPSA) is 112 Å². The van der Waals surface area contributed by atoms with Gasteiger partial charge in [0.15, 0.2) is 6.10 Å². The Morgan fingerprint density at radius 3 is 2.64 bits per heavy atom. The number of nitrogens with one attached hydrogen (secondary N) is 1. The number of rotatable bonds is 7. The van der Waals surface area contributed by atoms with Gasteiger partial charge in [0.2, 0.25) is 5.88 Å². The first-order valence-electron chi connectivity index (χ1n) is 8.33. The molecule has 0 bridgehead atoms. The highest BCUT2D eigenvalue weighted by molar-refractivity contribution is 6.29. The van der Waals surface area contributed by atoms with Crippen LogP contribution in [0.25, 0.3) is 11.3 Å². The van der Waals surface area contributed by atoms with Crippen molar-refractivity contribution < 1.29 is 14.3 Å². The van der Waals surface area contributed by atoms with Crippen LogP contribution < -0.4 is 10.1 Å². The maximum Gasteiger partial charge on any atom is 0.260 e. The highest BCUT2D eigenvalue weighted by atomic mass is 35.5. The summed E-state index contributed by atoms with van der Waals surface area (Å²) in [5.74, 6) is 0.333. The zero-order chi connectivity index (χ0) is 19.9. The Labute approximate surface area is 166 Å². The van der Waals surface area contributed by atoms with Gasteiger partial charge in [-0.05, 0) is 19.1 Å². The molecule has 1 N–H and O–H groups in total. The van der Waals surface area contributed by atoms with E-state index in [-0.39, 0.29) is 5.15 Å². The smallest absolute Gasteiger partial charge is 0.260 e. The van der Waals surface area contributed by atoms with Crippen molar-refractivity contribution in [2.75, 3.05) is 19.0 Å². The molecule has 0 spiro atoms. The fourth-order valence-corrected chi connectivity index (χ4v) is 2.51. The van der Waals surface area contributed by atoms with Crippen LogP contribution in [0.1, 0.15) is 18.7 Å². The number of amides is 1. The number of hydrogen-bond acceptors (Lipinski definition) is 8. The molecule has 0 saturated heterocycles. The molecule has 28 heavy (non-hydrogen) atoms. The summed E-state index contributed by atoms with van der Waals surface area (Å²) >= 11 is 5.82. The highest BCUT2D eigenvalue weighted by Gasteiger charge is 2.22. The Morgan fingerprint density at radius 2 is 1.96 bits per heavy atom. The molecule has 0 saturated carbocycles. The van der Waals surface area contributed by atoms with Gasteiger partial charge in [-0.2, -0.15) is 0 Å². The van der Waals surface area contributed by atoms with E-state index in [1.807, 2.05) is 6.92 Å². The summed E-state index contributed by atoms with van der Waals surface area (Å²) in [4.78, 5) is 33.2. The van der Waals surface area contributed by atoms with Crippen molar-refractivity contribution in [2.45, 2.75) is 13.0 Å². The Bertz CT molecular complexity index is 954. The number of nitrogens with zero attached hydrogens (tertiary/aromatic N) is 5. The summed E-state index contributed by atoms with van der Waals surface area (Å²) in [6, 6.07) is 3.42. The van der Waals surface area contributed by atoms with Gasteiger partial charge in [-0.3, -0.25) is 14.8 Å². The van der Waals surface area contributed by atoms with E-state index in [0.29, 0.717) is 29.7 Å². The number of pyridine rings is 1. The predicted octanol–water partition coefficient (Wildman–Crippen LogP) is 2.71. The lowest BCUT2D eigenvalue weighted by Crippen LogP contribution is -2.24. The Morgan fingerprint density at radius 1 is 1.14 bits per heavy atom. The lowest BCUT2D eigenvalue weighted by molar-refractivity contribution is -0.126. The number of anilines is 1. The third-order valence-corrected chi connectivity index (χ3v) is 3.76. The second-order valence-electron chi connectivity index (χ2n) is 5.48. The molecule has 0 aliphatic rings. The van der Waals surface area contributed by atoms with Gasteiger partial charge in [0.05, 0.1) is 42.8 Å². The zero-order valence-corrected chi connectivity index (χ0v) is 15.9. The van der Waals surface area contributed by atoms with Crippen molar-refractivity contribution in [3.63, 3.8) is 0 Å². The maximum absolute atomic E-state index is 12.5. The number of carbonyl (C=O) groups excluding carboxylic acids is 1. The minimum atomic E-state index is -0.971. The number of aromatic nitrogens is 5. The second-order valence-corrected chi connectivity index (χ2v) is 5.87. The molecule has 3 aromatic rings. The van der Waals surface area contributed by atoms with Gasteiger partial charge >= 0.3 is 0 Å². The summed E-state index contributed by atoms with van der Waals surface area (Å²) in [6.45, 7) is 2.37. The van der Waals surface area contributed by atoms with E-state index in [0.717, 1.165) is 5.56 Å². The van der Waals surface area contributed by atoms with Gasteiger partial charge in [-0.25, -0.2) is 15.0 Å². The third kappa shape index (κ3) is 4.76. The molecule has 3 aromatic heterocycles. The van der Waals surface area contributed by atoms with Crippen molar-refractivity contribution in [1.82, 2.24) is 24.9 Å². The van der Waals surface area contributed by atoms with Crippen molar-refractivity contribution in [1.29, 1.82) is 0 Å². The molecular formula is C18H17ClN6O3. The lowest BCUT2D eigenvalue weighted by atomic mass is 10.2. The molecular weight excluding hydrogens is 384 g/mol. The fraction of sp³-hybridized carbons (Fsp3) is 0.222. The number of methoxy groups -OCH3 is 1. The molecule has 9 nitrogen and oxygen atoms in total. The molecule has 0 aromatic carbocycles. The normalized spacial score (nSPS) is 11.7. The predicted molar refractivity (Wildman–Crippen MR) is 102 cm³/mol. The van der Waals surface area contributed by atoms with E-state index in [9.17, 15) is 4.79 Å². The van der Waals surface area contributed by atoms with E-state index in [1.54, 1.807) is 30.7 Å². The SMILES string of the molecule is CCOc1cncc(-c2ccc(NC(=O)C(OC)c3cncc(Cl)n3)nc2)n1. The Hall–Kier alpha value is -3.17. The van der Waals surface area contributed by atoms with Crippen molar-refractivity contribution in [3.8, 4) is 17.1 Å². The molecule has 0 fully saturated rings. The van der Waals surface area contributed by atoms with Crippen LogP contribution in [-0.2, 0) is 9.53 Å². The summed E-state index contributed by atoms with van der Waals surface area (Å²) < 4.78 is 10.6. The van der Waals surface area contributed by atoms with Crippen LogP contribution in [0.2, 0.25) is 5.15 Å². The minimum absolute atomic E-state index is 0.172. The van der Waals surface area contributed by atoms with Crippen LogP contribution in [0, 0.1) is 0 Å². The standard InChI is InChI=1S/C18H17ClN6O3/c1-3-28-16-10-21-7-12(24-16)11-4-5-15(22-6-11)25-18(26)17(27-2)13-8-20-9-14(19)23-13/h4-10,17H,3H2,1-2H3,(H,22,25,26). The maximum atomic E-state index is 12.5. The fourth-order valence-electron chi connectivity index (χ4n) is 2.36. The van der Waals surface area contributed by atoms with Gasteiger partial charge in [0, 0.05) is 18.9 Å². The highest BCUT2D eigenvalue weighted by Crippen LogP contribution is 2.21. The van der Waals surface area contributed by atoms with Gasteiger partial charge < -0.3 is 14.8 Å². The molecule has 0 aliphatic carbocycles. The minimum Gasteiger partial charge on any atom is -0.477 e. The summed E-state index contributed by atoms with van der Waals surface area (Å²) in [6.07, 6.45) is 6.55. The van der Waals surface area contributed by atoms with Crippen LogP contribution in [-0.4, -0.2) is 44.5 Å². The first kappa shape index (κ1) is 19.6. The van der Waals surface area contributed by atoms with Crippen LogP contribution >= 0.6 is 11.6 Å². The second kappa shape index (κ2) is 9.16. The average Bonchev–Trinajstić information content (AvgIpc) is 2.70. The van der Waals surface area contributed by atoms with Gasteiger partial charge in [0.1, 0.15) is 11.0 Å².